The number of alkyl halides is 6. The zero-order chi connectivity index (χ0) is 32.3. The van der Waals surface area contributed by atoms with E-state index in [9.17, 15) is 45.8 Å². The Kier molecular flexibility index (Phi) is 9.56. The summed E-state index contributed by atoms with van der Waals surface area (Å²) in [5.41, 5.74) is -5.10. The van der Waals surface area contributed by atoms with Crippen molar-refractivity contribution in [2.24, 2.45) is 5.41 Å². The number of carbonyl (C=O) groups excluding carboxylic acids is 2. The second kappa shape index (κ2) is 12.4. The van der Waals surface area contributed by atoms with Crippen LogP contribution in [0.2, 0.25) is 0 Å². The zero-order valence-electron chi connectivity index (χ0n) is 23.3. The minimum absolute atomic E-state index is 0.0663. The molecule has 0 radical (unpaired) electrons. The van der Waals surface area contributed by atoms with Gasteiger partial charge < -0.3 is 14.8 Å². The lowest BCUT2D eigenvalue weighted by Gasteiger charge is -2.39. The number of hydrogen-bond acceptors (Lipinski definition) is 7. The molecule has 2 aromatic heterocycles. The highest BCUT2D eigenvalue weighted by Gasteiger charge is 2.46. The predicted octanol–water partition coefficient (Wildman–Crippen LogP) is 6.33. The average Bonchev–Trinajstić information content (AvgIpc) is 3.58. The molecule has 0 spiro atoms. The first kappa shape index (κ1) is 33.1. The molecule has 0 fully saturated rings. The van der Waals surface area contributed by atoms with Gasteiger partial charge in [0.25, 0.3) is 5.91 Å². The van der Waals surface area contributed by atoms with Gasteiger partial charge in [0.05, 0.1) is 17.3 Å². The minimum Gasteiger partial charge on any atom is -0.465 e. The predicted molar refractivity (Wildman–Crippen MR) is 137 cm³/mol. The van der Waals surface area contributed by atoms with Crippen molar-refractivity contribution in [2.45, 2.75) is 71.4 Å². The fourth-order valence-corrected chi connectivity index (χ4v) is 4.33. The van der Waals surface area contributed by atoms with Gasteiger partial charge in [-0.05, 0) is 30.0 Å². The molecule has 2 heterocycles. The number of unbranched alkanes of at least 4 members (excludes halogenated alkanes) is 1. The summed E-state index contributed by atoms with van der Waals surface area (Å²) in [5, 5.41) is 26.0. The van der Waals surface area contributed by atoms with Gasteiger partial charge in [0.15, 0.2) is 0 Å². The van der Waals surface area contributed by atoms with Crippen molar-refractivity contribution in [1.82, 2.24) is 25.3 Å². The standard InChI is InChI=1S/C26H28F6N6O5/c1-5-6-7-16(18(39)20(40)34-17-8-9-33-35-17)38(23(41)42)19(24(2,3)4)22-37-36-21(43-22)13-10-14(25(27,28)29)12-15(11-13)26(30,31)32/h8-12,16,19H,5-7H2,1-4H3,(H,41,42)(H2,33,34,35,40)/t16-,19-/m0/s1. The molecule has 0 saturated carbocycles. The number of ketones is 1. The number of nitrogens with one attached hydrogen (secondary N) is 2. The number of benzene rings is 1. The number of H-pyrrole nitrogens is 1. The lowest BCUT2D eigenvalue weighted by Crippen LogP contribution is -2.52. The highest BCUT2D eigenvalue weighted by molar-refractivity contribution is 6.42. The van der Waals surface area contributed by atoms with Gasteiger partial charge in [0, 0.05) is 11.6 Å². The van der Waals surface area contributed by atoms with E-state index in [2.05, 4.69) is 25.7 Å². The molecule has 3 rings (SSSR count). The van der Waals surface area contributed by atoms with Gasteiger partial charge in [-0.2, -0.15) is 31.4 Å². The maximum Gasteiger partial charge on any atom is 0.416 e. The molecular weight excluding hydrogens is 590 g/mol. The molecule has 3 aromatic rings. The van der Waals surface area contributed by atoms with Crippen LogP contribution in [0.1, 0.15) is 70.0 Å². The Bertz CT molecular complexity index is 1410. The number of carbonyl (C=O) groups is 3. The second-order valence-corrected chi connectivity index (χ2v) is 10.6. The highest BCUT2D eigenvalue weighted by Crippen LogP contribution is 2.42. The molecule has 43 heavy (non-hydrogen) atoms. The van der Waals surface area contributed by atoms with Crippen LogP contribution in [0.4, 0.5) is 37.0 Å². The number of hydrogen-bond donors (Lipinski definition) is 3. The van der Waals surface area contributed by atoms with E-state index in [1.807, 2.05) is 0 Å². The van der Waals surface area contributed by atoms with E-state index in [4.69, 9.17) is 4.42 Å². The van der Waals surface area contributed by atoms with Gasteiger partial charge in [-0.3, -0.25) is 19.6 Å². The molecule has 2 atom stereocenters. The molecule has 17 heteroatoms. The molecule has 3 N–H and O–H groups in total. The molecule has 0 aliphatic carbocycles. The molecule has 0 aliphatic rings. The van der Waals surface area contributed by atoms with Crippen molar-refractivity contribution in [2.75, 3.05) is 5.32 Å². The molecule has 0 aliphatic heterocycles. The van der Waals surface area contributed by atoms with Crippen LogP contribution in [0.15, 0.2) is 34.9 Å². The van der Waals surface area contributed by atoms with Crippen LogP contribution in [-0.2, 0) is 21.9 Å². The van der Waals surface area contributed by atoms with E-state index in [0.29, 0.717) is 29.9 Å². The Balaban J connectivity index is 2.11. The lowest BCUT2D eigenvalue weighted by atomic mass is 9.84. The van der Waals surface area contributed by atoms with Crippen LogP contribution >= 0.6 is 0 Å². The first-order valence-electron chi connectivity index (χ1n) is 12.8. The summed E-state index contributed by atoms with van der Waals surface area (Å²) in [5.74, 6) is -3.48. The fourth-order valence-electron chi connectivity index (χ4n) is 4.33. The number of halogens is 6. The summed E-state index contributed by atoms with van der Waals surface area (Å²) >= 11 is 0. The SMILES string of the molecule is CCCC[C@@H](C(=O)C(=O)Nc1ccn[nH]1)N(C(=O)O)[C@@H](c1nnc(-c2cc(C(F)(F)F)cc(C(F)(F)F)c2)o1)C(C)(C)C. The monoisotopic (exact) mass is 618 g/mol. The Hall–Kier alpha value is -4.44. The topological polar surface area (TPSA) is 154 Å². The number of Topliss-reactive ketones (excluding diaryl/α,β-unsaturated/α-hetero) is 1. The quantitative estimate of drug-likeness (QED) is 0.176. The summed E-state index contributed by atoms with van der Waals surface area (Å²) in [6.07, 6.45) is -9.92. The van der Waals surface area contributed by atoms with Gasteiger partial charge >= 0.3 is 18.4 Å². The van der Waals surface area contributed by atoms with Gasteiger partial charge in [-0.25, -0.2) is 4.79 Å². The molecule has 0 bridgehead atoms. The Morgan fingerprint density at radius 1 is 1.02 bits per heavy atom. The van der Waals surface area contributed by atoms with Crippen molar-refractivity contribution >= 4 is 23.6 Å². The first-order valence-corrected chi connectivity index (χ1v) is 12.8. The molecule has 2 amide bonds. The van der Waals surface area contributed by atoms with Crippen molar-refractivity contribution in [3.05, 3.63) is 47.5 Å². The fraction of sp³-hybridized carbons (Fsp3) is 0.462. The maximum atomic E-state index is 13.4. The number of anilines is 1. The largest absolute Gasteiger partial charge is 0.465 e. The van der Waals surface area contributed by atoms with Gasteiger partial charge in [0.2, 0.25) is 17.6 Å². The molecule has 1 aromatic carbocycles. The van der Waals surface area contributed by atoms with Crippen LogP contribution in [0.5, 0.6) is 0 Å². The van der Waals surface area contributed by atoms with E-state index in [1.54, 1.807) is 6.92 Å². The van der Waals surface area contributed by atoms with Crippen molar-refractivity contribution < 1.29 is 50.2 Å². The van der Waals surface area contributed by atoms with Crippen LogP contribution in [0.3, 0.4) is 0 Å². The summed E-state index contributed by atoms with van der Waals surface area (Å²) in [4.78, 5) is 39.5. The van der Waals surface area contributed by atoms with E-state index in [0.717, 1.165) is 0 Å². The number of nitrogens with zero attached hydrogens (tertiary/aromatic N) is 4. The molecule has 234 valence electrons. The van der Waals surface area contributed by atoms with Crippen molar-refractivity contribution in [3.63, 3.8) is 0 Å². The number of amides is 2. The third-order valence-electron chi connectivity index (χ3n) is 6.27. The van der Waals surface area contributed by atoms with Gasteiger partial charge in [-0.15, -0.1) is 10.2 Å². The summed E-state index contributed by atoms with van der Waals surface area (Å²) in [6.45, 7) is 6.38. The second-order valence-electron chi connectivity index (χ2n) is 10.6. The Morgan fingerprint density at radius 3 is 2.09 bits per heavy atom. The van der Waals surface area contributed by atoms with Gasteiger partial charge in [-0.1, -0.05) is 40.5 Å². The summed E-state index contributed by atoms with van der Waals surface area (Å²) in [6, 6.07) is -0.974. The number of aromatic nitrogens is 4. The average molecular weight is 619 g/mol. The highest BCUT2D eigenvalue weighted by atomic mass is 19.4. The Labute approximate surface area is 240 Å². The summed E-state index contributed by atoms with van der Waals surface area (Å²) in [7, 11) is 0. The Morgan fingerprint density at radius 2 is 1.63 bits per heavy atom. The van der Waals surface area contributed by atoms with E-state index in [1.165, 1.54) is 33.0 Å². The van der Waals surface area contributed by atoms with Crippen LogP contribution in [-0.4, -0.2) is 54.2 Å². The van der Waals surface area contributed by atoms with E-state index < -0.39 is 76.1 Å². The maximum absolute atomic E-state index is 13.4. The van der Waals surface area contributed by atoms with E-state index >= 15 is 0 Å². The number of carboxylic acid groups (broad SMARTS) is 1. The zero-order valence-corrected chi connectivity index (χ0v) is 23.3. The molecule has 0 unspecified atom stereocenters. The third-order valence-corrected chi connectivity index (χ3v) is 6.27. The number of aromatic amines is 1. The molecule has 0 saturated heterocycles. The van der Waals surface area contributed by atoms with E-state index in [-0.39, 0.29) is 18.3 Å². The minimum atomic E-state index is -5.14. The van der Waals surface area contributed by atoms with Gasteiger partial charge in [0.1, 0.15) is 17.9 Å². The first-order chi connectivity index (χ1) is 19.8. The third kappa shape index (κ3) is 7.90. The smallest absolute Gasteiger partial charge is 0.416 e. The van der Waals surface area contributed by atoms with Crippen molar-refractivity contribution in [3.8, 4) is 11.5 Å². The van der Waals surface area contributed by atoms with Crippen LogP contribution in [0, 0.1) is 5.41 Å². The van der Waals surface area contributed by atoms with Crippen LogP contribution in [0.25, 0.3) is 11.5 Å². The lowest BCUT2D eigenvalue weighted by molar-refractivity contribution is -0.143. The van der Waals surface area contributed by atoms with Crippen molar-refractivity contribution in [1.29, 1.82) is 0 Å². The summed E-state index contributed by atoms with van der Waals surface area (Å²) < 4.78 is 86.0. The number of rotatable bonds is 10. The normalized spacial score (nSPS) is 13.8. The molecular formula is C26H28F6N6O5. The molecule has 11 nitrogen and oxygen atoms in total. The van der Waals surface area contributed by atoms with Crippen LogP contribution < -0.4 is 5.32 Å².